The third-order valence-corrected chi connectivity index (χ3v) is 14.8. The standard InChI is InChI=1S/C41H34NOPS2/c43-39(35-23-11-3-12-24-35)42-40(41(45-31-33-19-7-1-8-20-33)46-32-34-21-9-2-10-22-34)44(36-25-13-4-14-26-36,37-27-15-5-16-28-37)38-29-17-6-18-30-38/h1-30H,31-32H2/p+1. The van der Waals surface area contributed by atoms with Gasteiger partial charge in [0.25, 0.3) is 5.91 Å². The summed E-state index contributed by atoms with van der Waals surface area (Å²) >= 11 is 3.61. The molecule has 0 aliphatic rings. The Morgan fingerprint density at radius 2 is 0.783 bits per heavy atom. The van der Waals surface area contributed by atoms with Crippen molar-refractivity contribution in [2.45, 2.75) is 11.5 Å². The average molecular weight is 653 g/mol. The van der Waals surface area contributed by atoms with Gasteiger partial charge in [-0.15, -0.1) is 23.5 Å². The van der Waals surface area contributed by atoms with Crippen LogP contribution in [0.2, 0.25) is 0 Å². The van der Waals surface area contributed by atoms with Gasteiger partial charge in [-0.2, -0.15) is 0 Å². The molecule has 46 heavy (non-hydrogen) atoms. The van der Waals surface area contributed by atoms with Crippen LogP contribution in [0.5, 0.6) is 0 Å². The fourth-order valence-electron chi connectivity index (χ4n) is 5.45. The van der Waals surface area contributed by atoms with Crippen LogP contribution in [0.25, 0.3) is 0 Å². The molecule has 0 bridgehead atoms. The number of amides is 1. The maximum Gasteiger partial charge on any atom is 0.258 e. The zero-order valence-electron chi connectivity index (χ0n) is 25.4. The maximum absolute atomic E-state index is 14.3. The van der Waals surface area contributed by atoms with E-state index in [0.29, 0.717) is 5.56 Å². The number of carbonyl (C=O) groups excluding carboxylic acids is 1. The smallest absolute Gasteiger partial charge is 0.258 e. The lowest BCUT2D eigenvalue weighted by Crippen LogP contribution is -2.38. The lowest BCUT2D eigenvalue weighted by molar-refractivity contribution is 0.0968. The Labute approximate surface area is 281 Å². The highest BCUT2D eigenvalue weighted by atomic mass is 32.2. The molecule has 1 amide bonds. The highest BCUT2D eigenvalue weighted by molar-refractivity contribution is 8.22. The van der Waals surface area contributed by atoms with E-state index in [4.69, 9.17) is 0 Å². The number of thioether (sulfide) groups is 2. The third kappa shape index (κ3) is 7.37. The van der Waals surface area contributed by atoms with Gasteiger partial charge >= 0.3 is 0 Å². The van der Waals surface area contributed by atoms with Gasteiger partial charge in [-0.1, -0.05) is 133 Å². The quantitative estimate of drug-likeness (QED) is 0.134. The van der Waals surface area contributed by atoms with Crippen LogP contribution < -0.4 is 21.2 Å². The van der Waals surface area contributed by atoms with Crippen LogP contribution >= 0.6 is 30.8 Å². The SMILES string of the molecule is O=C(NC(=C(SCc1ccccc1)SCc1ccccc1)[P+](c1ccccc1)(c1ccccc1)c1ccccc1)c1ccccc1. The van der Waals surface area contributed by atoms with Gasteiger partial charge in [0.2, 0.25) is 0 Å². The van der Waals surface area contributed by atoms with Crippen molar-refractivity contribution >= 4 is 52.6 Å². The molecule has 0 aliphatic carbocycles. The predicted octanol–water partition coefficient (Wildman–Crippen LogP) is 9.40. The monoisotopic (exact) mass is 652 g/mol. The van der Waals surface area contributed by atoms with Crippen LogP contribution in [-0.4, -0.2) is 5.91 Å². The van der Waals surface area contributed by atoms with E-state index in [1.807, 2.05) is 30.3 Å². The summed E-state index contributed by atoms with van der Waals surface area (Å²) < 4.78 is 1.11. The fraction of sp³-hybridized carbons (Fsp3) is 0.0488. The molecular formula is C41H35NOPS2+. The number of hydrogen-bond acceptors (Lipinski definition) is 3. The Morgan fingerprint density at radius 1 is 0.457 bits per heavy atom. The van der Waals surface area contributed by atoms with Crippen LogP contribution in [0.15, 0.2) is 192 Å². The first-order valence-electron chi connectivity index (χ1n) is 15.3. The van der Waals surface area contributed by atoms with Crippen molar-refractivity contribution in [3.8, 4) is 0 Å². The fourth-order valence-corrected chi connectivity index (χ4v) is 12.8. The molecule has 0 atom stereocenters. The number of rotatable bonds is 12. The highest BCUT2D eigenvalue weighted by Crippen LogP contribution is 2.64. The minimum Gasteiger partial charge on any atom is -0.291 e. The molecule has 0 saturated carbocycles. The normalized spacial score (nSPS) is 11.0. The molecular weight excluding hydrogens is 618 g/mol. The molecule has 6 aromatic carbocycles. The van der Waals surface area contributed by atoms with E-state index in [-0.39, 0.29) is 5.91 Å². The molecule has 0 saturated heterocycles. The highest BCUT2D eigenvalue weighted by Gasteiger charge is 2.52. The second-order valence-electron chi connectivity index (χ2n) is 10.7. The van der Waals surface area contributed by atoms with Gasteiger partial charge in [-0.25, -0.2) is 0 Å². The molecule has 0 aliphatic heterocycles. The molecule has 0 spiro atoms. The van der Waals surface area contributed by atoms with E-state index in [2.05, 4.69) is 157 Å². The topological polar surface area (TPSA) is 29.1 Å². The van der Waals surface area contributed by atoms with Gasteiger partial charge in [0.05, 0.1) is 0 Å². The van der Waals surface area contributed by atoms with E-state index in [9.17, 15) is 4.79 Å². The first-order valence-corrected chi connectivity index (χ1v) is 19.0. The lowest BCUT2D eigenvalue weighted by Gasteiger charge is -2.31. The van der Waals surface area contributed by atoms with Gasteiger partial charge in [-0.05, 0) is 59.7 Å². The van der Waals surface area contributed by atoms with Crippen molar-refractivity contribution in [3.63, 3.8) is 0 Å². The van der Waals surface area contributed by atoms with Gasteiger partial charge < -0.3 is 0 Å². The number of benzene rings is 6. The minimum atomic E-state index is -2.63. The van der Waals surface area contributed by atoms with E-state index in [1.54, 1.807) is 23.5 Å². The van der Waals surface area contributed by atoms with Crippen molar-refractivity contribution in [2.75, 3.05) is 0 Å². The van der Waals surface area contributed by atoms with E-state index in [0.717, 1.165) is 21.2 Å². The van der Waals surface area contributed by atoms with E-state index < -0.39 is 7.26 Å². The van der Waals surface area contributed by atoms with E-state index >= 15 is 0 Å². The second-order valence-corrected chi connectivity index (χ2v) is 16.2. The summed E-state index contributed by atoms with van der Waals surface area (Å²) in [6.45, 7) is 0. The first-order chi connectivity index (χ1) is 22.7. The summed E-state index contributed by atoms with van der Waals surface area (Å²) in [5.41, 5.74) is 4.07. The Morgan fingerprint density at radius 3 is 1.15 bits per heavy atom. The molecule has 0 heterocycles. The molecule has 0 unspecified atom stereocenters. The molecule has 6 aromatic rings. The summed E-state index contributed by atoms with van der Waals surface area (Å²) in [6.07, 6.45) is 0. The summed E-state index contributed by atoms with van der Waals surface area (Å²) in [6, 6.07) is 62.9. The first kappa shape index (κ1) is 31.6. The van der Waals surface area contributed by atoms with Crippen LogP contribution in [0.3, 0.4) is 0 Å². The van der Waals surface area contributed by atoms with E-state index in [1.165, 1.54) is 27.0 Å². The molecule has 6 rings (SSSR count). The van der Waals surface area contributed by atoms with Gasteiger partial charge in [0, 0.05) is 17.1 Å². The van der Waals surface area contributed by atoms with Crippen LogP contribution in [-0.2, 0) is 11.5 Å². The predicted molar refractivity (Wildman–Crippen MR) is 202 cm³/mol. The Balaban J connectivity index is 1.64. The third-order valence-electron chi connectivity index (χ3n) is 7.65. The van der Waals surface area contributed by atoms with Crippen LogP contribution in [0.4, 0.5) is 0 Å². The molecule has 0 aromatic heterocycles. The zero-order chi connectivity index (χ0) is 31.4. The molecule has 1 N–H and O–H groups in total. The summed E-state index contributed by atoms with van der Waals surface area (Å²) in [7, 11) is -2.63. The second kappa shape index (κ2) is 15.8. The number of hydrogen-bond donors (Lipinski definition) is 1. The zero-order valence-corrected chi connectivity index (χ0v) is 27.9. The van der Waals surface area contributed by atoms with Crippen molar-refractivity contribution in [1.82, 2.24) is 5.32 Å². The largest absolute Gasteiger partial charge is 0.291 e. The Kier molecular flexibility index (Phi) is 10.9. The average Bonchev–Trinajstić information content (AvgIpc) is 3.14. The molecule has 0 fully saturated rings. The number of carbonyl (C=O) groups is 1. The van der Waals surface area contributed by atoms with Crippen LogP contribution in [0.1, 0.15) is 21.5 Å². The molecule has 0 radical (unpaired) electrons. The van der Waals surface area contributed by atoms with Crippen LogP contribution in [0, 0.1) is 0 Å². The number of nitrogens with one attached hydrogen (secondary N) is 1. The Bertz CT molecular complexity index is 1710. The van der Waals surface area contributed by atoms with Crippen molar-refractivity contribution < 1.29 is 4.79 Å². The van der Waals surface area contributed by atoms with Gasteiger partial charge in [-0.3, -0.25) is 10.1 Å². The molecule has 5 heteroatoms. The van der Waals surface area contributed by atoms with Crippen molar-refractivity contribution in [3.05, 3.63) is 208 Å². The summed E-state index contributed by atoms with van der Waals surface area (Å²) in [4.78, 5) is 14.3. The maximum atomic E-state index is 14.3. The minimum absolute atomic E-state index is 0.110. The van der Waals surface area contributed by atoms with Crippen molar-refractivity contribution in [1.29, 1.82) is 0 Å². The Hall–Kier alpha value is -4.34. The van der Waals surface area contributed by atoms with Gasteiger partial charge in [0.15, 0.2) is 12.7 Å². The molecule has 2 nitrogen and oxygen atoms in total. The lowest BCUT2D eigenvalue weighted by atomic mass is 10.2. The van der Waals surface area contributed by atoms with Crippen molar-refractivity contribution in [2.24, 2.45) is 0 Å². The summed E-state index contributed by atoms with van der Waals surface area (Å²) in [5.74, 6) is 1.45. The van der Waals surface area contributed by atoms with Gasteiger partial charge in [0.1, 0.15) is 20.2 Å². The summed E-state index contributed by atoms with van der Waals surface area (Å²) in [5, 5.41) is 7.16. The molecule has 226 valence electrons.